The first kappa shape index (κ1) is 19.2. The first-order valence-corrected chi connectivity index (χ1v) is 9.59. The minimum Gasteiger partial charge on any atom is -0.322 e. The molecular formula is C18H19BrF3N5O. The van der Waals surface area contributed by atoms with Gasteiger partial charge in [-0.2, -0.15) is 13.2 Å². The number of alkyl halides is 3. The van der Waals surface area contributed by atoms with E-state index in [1.165, 1.54) is 4.57 Å². The molecule has 0 N–H and O–H groups in total. The summed E-state index contributed by atoms with van der Waals surface area (Å²) in [7, 11) is 2.73. The highest BCUT2D eigenvalue weighted by molar-refractivity contribution is 9.10. The lowest BCUT2D eigenvalue weighted by Gasteiger charge is -2.30. The van der Waals surface area contributed by atoms with Gasteiger partial charge in [0, 0.05) is 27.1 Å². The van der Waals surface area contributed by atoms with Crippen molar-refractivity contribution in [2.75, 3.05) is 0 Å². The van der Waals surface area contributed by atoms with Gasteiger partial charge >= 0.3 is 6.18 Å². The van der Waals surface area contributed by atoms with Crippen molar-refractivity contribution in [2.45, 2.75) is 39.4 Å². The van der Waals surface area contributed by atoms with Gasteiger partial charge in [0.25, 0.3) is 5.56 Å². The number of hydrogen-bond acceptors (Lipinski definition) is 3. The van der Waals surface area contributed by atoms with E-state index in [9.17, 15) is 18.0 Å². The van der Waals surface area contributed by atoms with Crippen molar-refractivity contribution >= 4 is 27.0 Å². The van der Waals surface area contributed by atoms with E-state index < -0.39 is 17.4 Å². The van der Waals surface area contributed by atoms with Gasteiger partial charge in [-0.1, -0.05) is 13.8 Å². The molecule has 0 spiro atoms. The molecule has 0 bridgehead atoms. The average Bonchev–Trinajstić information content (AvgIpc) is 3.06. The molecule has 0 radical (unpaired) electrons. The van der Waals surface area contributed by atoms with Gasteiger partial charge in [-0.3, -0.25) is 4.79 Å². The molecule has 0 aliphatic carbocycles. The summed E-state index contributed by atoms with van der Waals surface area (Å²) in [5, 5.41) is 0. The monoisotopic (exact) mass is 457 g/mol. The van der Waals surface area contributed by atoms with E-state index in [1.54, 1.807) is 7.05 Å². The Bertz CT molecular complexity index is 1170. The number of aryl methyl sites for hydroxylation is 1. The number of fused-ring (bicyclic) bond motifs is 2. The summed E-state index contributed by atoms with van der Waals surface area (Å²) < 4.78 is 44.7. The summed E-state index contributed by atoms with van der Waals surface area (Å²) in [6.45, 7) is 5.15. The Hall–Kier alpha value is -2.10. The highest BCUT2D eigenvalue weighted by Gasteiger charge is 2.36. The molecule has 0 fully saturated rings. The molecule has 0 saturated carbocycles. The Labute approximate surface area is 167 Å². The number of nitrogens with zero attached hydrogens (tertiary/aromatic N) is 5. The largest absolute Gasteiger partial charge is 0.431 e. The highest BCUT2D eigenvalue weighted by Crippen LogP contribution is 2.38. The fourth-order valence-corrected chi connectivity index (χ4v) is 4.41. The van der Waals surface area contributed by atoms with Crippen molar-refractivity contribution in [3.05, 3.63) is 32.5 Å². The molecule has 1 aliphatic rings. The van der Waals surface area contributed by atoms with Gasteiger partial charge in [0.2, 0.25) is 0 Å². The lowest BCUT2D eigenvalue weighted by Crippen LogP contribution is -2.26. The first-order chi connectivity index (χ1) is 12.9. The summed E-state index contributed by atoms with van der Waals surface area (Å²) >= 11 is 3.57. The van der Waals surface area contributed by atoms with Crippen LogP contribution in [0.15, 0.2) is 15.5 Å². The number of halogens is 4. The van der Waals surface area contributed by atoms with Crippen LogP contribution in [0.5, 0.6) is 0 Å². The number of imidazole rings is 2. The standard InChI is InChI=1S/C18H19BrF3N5O/c1-17(2)5-6-27-11(8-17)24-12(14(27)19)15-23-9-7-10(18(20,21)22)25(3)16(28)13(9)26(15)4/h7H,5-6,8H2,1-4H3. The van der Waals surface area contributed by atoms with Crippen molar-refractivity contribution in [3.63, 3.8) is 0 Å². The van der Waals surface area contributed by atoms with E-state index >= 15 is 0 Å². The average molecular weight is 458 g/mol. The molecule has 10 heteroatoms. The number of rotatable bonds is 1. The van der Waals surface area contributed by atoms with Crippen molar-refractivity contribution in [1.82, 2.24) is 23.7 Å². The van der Waals surface area contributed by atoms with Gasteiger partial charge in [-0.25, -0.2) is 9.97 Å². The Morgan fingerprint density at radius 1 is 1.18 bits per heavy atom. The van der Waals surface area contributed by atoms with E-state index in [4.69, 9.17) is 4.98 Å². The summed E-state index contributed by atoms with van der Waals surface area (Å²) in [5.41, 5.74) is -0.995. The van der Waals surface area contributed by atoms with Gasteiger partial charge in [0.1, 0.15) is 27.3 Å². The van der Waals surface area contributed by atoms with Crippen LogP contribution in [0, 0.1) is 5.41 Å². The minimum absolute atomic E-state index is 0.00567. The van der Waals surface area contributed by atoms with Crippen LogP contribution >= 0.6 is 15.9 Å². The zero-order chi connectivity index (χ0) is 20.6. The molecule has 0 amide bonds. The molecule has 1 aliphatic heterocycles. The predicted molar refractivity (Wildman–Crippen MR) is 102 cm³/mol. The molecule has 150 valence electrons. The zero-order valence-corrected chi connectivity index (χ0v) is 17.4. The van der Waals surface area contributed by atoms with E-state index in [1.807, 2.05) is 0 Å². The van der Waals surface area contributed by atoms with Crippen LogP contribution in [-0.2, 0) is 33.2 Å². The molecule has 6 nitrogen and oxygen atoms in total. The smallest absolute Gasteiger partial charge is 0.322 e. The van der Waals surface area contributed by atoms with Crippen molar-refractivity contribution in [3.8, 4) is 11.5 Å². The normalized spacial score (nSPS) is 16.6. The van der Waals surface area contributed by atoms with Crippen molar-refractivity contribution < 1.29 is 13.2 Å². The van der Waals surface area contributed by atoms with Crippen LogP contribution in [0.25, 0.3) is 22.6 Å². The van der Waals surface area contributed by atoms with E-state index in [0.29, 0.717) is 16.1 Å². The maximum Gasteiger partial charge on any atom is 0.431 e. The molecule has 28 heavy (non-hydrogen) atoms. The number of hydrogen-bond donors (Lipinski definition) is 0. The third-order valence-electron chi connectivity index (χ3n) is 5.40. The molecule has 0 unspecified atom stereocenters. The summed E-state index contributed by atoms with van der Waals surface area (Å²) in [4.78, 5) is 21.6. The lowest BCUT2D eigenvalue weighted by molar-refractivity contribution is -0.143. The molecule has 4 heterocycles. The molecule has 0 saturated heterocycles. The fraction of sp³-hybridized carbons (Fsp3) is 0.500. The van der Waals surface area contributed by atoms with Crippen LogP contribution in [0.2, 0.25) is 0 Å². The maximum atomic E-state index is 13.3. The second-order valence-corrected chi connectivity index (χ2v) is 8.78. The van der Waals surface area contributed by atoms with Gasteiger partial charge in [-0.05, 0) is 33.8 Å². The molecule has 0 atom stereocenters. The molecule has 3 aromatic heterocycles. The van der Waals surface area contributed by atoms with Gasteiger partial charge in [0.15, 0.2) is 5.82 Å². The molecule has 4 rings (SSSR count). The Balaban J connectivity index is 1.95. The zero-order valence-electron chi connectivity index (χ0n) is 15.9. The van der Waals surface area contributed by atoms with Crippen LogP contribution in [0.1, 0.15) is 31.8 Å². The molecule has 3 aromatic rings. The van der Waals surface area contributed by atoms with Crippen LogP contribution < -0.4 is 5.56 Å². The third kappa shape index (κ3) is 2.80. The van der Waals surface area contributed by atoms with Gasteiger partial charge in [0.05, 0.1) is 5.52 Å². The van der Waals surface area contributed by atoms with Gasteiger partial charge in [-0.15, -0.1) is 0 Å². The number of pyridine rings is 1. The minimum atomic E-state index is -4.64. The second-order valence-electron chi connectivity index (χ2n) is 8.03. The van der Waals surface area contributed by atoms with E-state index in [2.05, 4.69) is 39.3 Å². The summed E-state index contributed by atoms with van der Waals surface area (Å²) in [6.07, 6.45) is -2.86. The van der Waals surface area contributed by atoms with Crippen LogP contribution in [-0.4, -0.2) is 23.7 Å². The Kier molecular flexibility index (Phi) is 4.08. The summed E-state index contributed by atoms with van der Waals surface area (Å²) in [5.74, 6) is 1.26. The van der Waals surface area contributed by atoms with Gasteiger partial charge < -0.3 is 13.7 Å². The first-order valence-electron chi connectivity index (χ1n) is 8.79. The SMILES string of the molecule is Cn1c(C(F)(F)F)cc2nc(-c3nc4n(c3Br)CCC(C)(C)C4)n(C)c2c1=O. The fourth-order valence-electron chi connectivity index (χ4n) is 3.76. The van der Waals surface area contributed by atoms with E-state index in [-0.39, 0.29) is 16.4 Å². The predicted octanol–water partition coefficient (Wildman–Crippen LogP) is 3.89. The van der Waals surface area contributed by atoms with Crippen molar-refractivity contribution in [2.24, 2.45) is 19.5 Å². The third-order valence-corrected chi connectivity index (χ3v) is 6.20. The highest BCUT2D eigenvalue weighted by atomic mass is 79.9. The lowest BCUT2D eigenvalue weighted by atomic mass is 9.83. The molecular weight excluding hydrogens is 439 g/mol. The van der Waals surface area contributed by atoms with Crippen LogP contribution in [0.4, 0.5) is 13.2 Å². The second kappa shape index (κ2) is 5.95. The quantitative estimate of drug-likeness (QED) is 0.556. The molecule has 0 aromatic carbocycles. The summed E-state index contributed by atoms with van der Waals surface area (Å²) in [6, 6.07) is 0.910. The van der Waals surface area contributed by atoms with Crippen molar-refractivity contribution in [1.29, 1.82) is 0 Å². The van der Waals surface area contributed by atoms with E-state index in [0.717, 1.165) is 42.9 Å². The Morgan fingerprint density at radius 2 is 1.86 bits per heavy atom. The van der Waals surface area contributed by atoms with Crippen LogP contribution in [0.3, 0.4) is 0 Å². The Morgan fingerprint density at radius 3 is 2.50 bits per heavy atom. The topological polar surface area (TPSA) is 57.6 Å². The number of aromatic nitrogens is 5. The maximum absolute atomic E-state index is 13.3.